The normalized spacial score (nSPS) is 11.1. The van der Waals surface area contributed by atoms with Crippen LogP contribution in [0.5, 0.6) is 11.5 Å². The van der Waals surface area contributed by atoms with E-state index in [2.05, 4.69) is 5.32 Å². The number of methoxy groups -OCH3 is 1. The van der Waals surface area contributed by atoms with Gasteiger partial charge in [-0.15, -0.1) is 0 Å². The van der Waals surface area contributed by atoms with Crippen LogP contribution in [-0.4, -0.2) is 19.6 Å². The molecule has 0 aliphatic heterocycles. The van der Waals surface area contributed by atoms with Crippen LogP contribution in [0.15, 0.2) is 42.5 Å². The topological polar surface area (TPSA) is 73.6 Å². The van der Waals surface area contributed by atoms with Gasteiger partial charge in [0.2, 0.25) is 5.91 Å². The van der Waals surface area contributed by atoms with E-state index in [1.807, 2.05) is 0 Å². The van der Waals surface area contributed by atoms with Crippen molar-refractivity contribution in [2.24, 2.45) is 5.73 Å². The number of halogens is 3. The molecule has 5 nitrogen and oxygen atoms in total. The van der Waals surface area contributed by atoms with Crippen molar-refractivity contribution < 1.29 is 27.4 Å². The molecule has 1 amide bonds. The Bertz CT molecular complexity index is 764. The lowest BCUT2D eigenvalue weighted by Crippen LogP contribution is -2.16. The van der Waals surface area contributed by atoms with Gasteiger partial charge in [0.25, 0.3) is 0 Å². The largest absolute Gasteiger partial charge is 0.493 e. The zero-order valence-corrected chi connectivity index (χ0v) is 14.1. The van der Waals surface area contributed by atoms with E-state index in [4.69, 9.17) is 15.2 Å². The van der Waals surface area contributed by atoms with Crippen LogP contribution in [0.1, 0.15) is 17.5 Å². The van der Waals surface area contributed by atoms with Crippen LogP contribution in [0.2, 0.25) is 0 Å². The first-order valence-electron chi connectivity index (χ1n) is 7.80. The minimum Gasteiger partial charge on any atom is -0.493 e. The zero-order valence-electron chi connectivity index (χ0n) is 14.1. The number of para-hydroxylation sites is 2. The molecule has 0 aliphatic carbocycles. The van der Waals surface area contributed by atoms with Crippen molar-refractivity contribution in [3.05, 3.63) is 53.6 Å². The minimum atomic E-state index is -4.52. The lowest BCUT2D eigenvalue weighted by atomic mass is 10.1. The molecule has 0 bridgehead atoms. The molecule has 2 rings (SSSR count). The summed E-state index contributed by atoms with van der Waals surface area (Å²) in [5.74, 6) is 0.535. The van der Waals surface area contributed by atoms with Crippen LogP contribution in [0.3, 0.4) is 0 Å². The van der Waals surface area contributed by atoms with E-state index in [1.54, 1.807) is 24.3 Å². The van der Waals surface area contributed by atoms with Gasteiger partial charge in [-0.05, 0) is 35.9 Å². The molecule has 0 unspecified atom stereocenters. The highest BCUT2D eigenvalue weighted by molar-refractivity contribution is 5.91. The Kier molecular flexibility index (Phi) is 6.46. The summed E-state index contributed by atoms with van der Waals surface area (Å²) in [6.45, 7) is -0.0153. The van der Waals surface area contributed by atoms with Gasteiger partial charge in [0.15, 0.2) is 11.5 Å². The standard InChI is InChI=1S/C18H19F3N2O3/c1-25-15-4-2-3-5-16(15)26-7-6-17(24)23-14-9-12(11-22)8-13(10-14)18(19,20)21/h2-5,8-10H,6-7,11,22H2,1H3,(H,23,24). The van der Waals surface area contributed by atoms with Crippen molar-refractivity contribution in [1.29, 1.82) is 0 Å². The number of benzene rings is 2. The summed E-state index contributed by atoms with van der Waals surface area (Å²) in [5.41, 5.74) is 4.88. The van der Waals surface area contributed by atoms with Crippen LogP contribution >= 0.6 is 0 Å². The Balaban J connectivity index is 1.97. The van der Waals surface area contributed by atoms with E-state index in [-0.39, 0.29) is 30.8 Å². The number of nitrogens with two attached hydrogens (primary N) is 1. The molecule has 2 aromatic rings. The molecule has 0 spiro atoms. The summed E-state index contributed by atoms with van der Waals surface area (Å²) >= 11 is 0. The van der Waals surface area contributed by atoms with Gasteiger partial charge in [-0.25, -0.2) is 0 Å². The number of anilines is 1. The second kappa shape index (κ2) is 8.57. The SMILES string of the molecule is COc1ccccc1OCCC(=O)Nc1cc(CN)cc(C(F)(F)F)c1. The van der Waals surface area contributed by atoms with E-state index in [9.17, 15) is 18.0 Å². The van der Waals surface area contributed by atoms with Gasteiger partial charge in [-0.1, -0.05) is 12.1 Å². The highest BCUT2D eigenvalue weighted by Crippen LogP contribution is 2.32. The molecule has 0 saturated heterocycles. The second-order valence-electron chi connectivity index (χ2n) is 5.42. The first-order chi connectivity index (χ1) is 12.3. The average molecular weight is 368 g/mol. The molecule has 0 aromatic heterocycles. The molecule has 26 heavy (non-hydrogen) atoms. The third-order valence-corrected chi connectivity index (χ3v) is 3.50. The molecule has 0 radical (unpaired) electrons. The summed E-state index contributed by atoms with van der Waals surface area (Å²) in [7, 11) is 1.50. The van der Waals surface area contributed by atoms with Gasteiger partial charge in [0.1, 0.15) is 0 Å². The molecular weight excluding hydrogens is 349 g/mol. The Morgan fingerprint density at radius 2 is 1.85 bits per heavy atom. The predicted octanol–water partition coefficient (Wildman–Crippen LogP) is 3.58. The van der Waals surface area contributed by atoms with Crippen molar-refractivity contribution in [3.8, 4) is 11.5 Å². The van der Waals surface area contributed by atoms with E-state index >= 15 is 0 Å². The molecule has 3 N–H and O–H groups in total. The van der Waals surface area contributed by atoms with Crippen molar-refractivity contribution in [2.75, 3.05) is 19.0 Å². The molecule has 0 aliphatic rings. The number of carbonyl (C=O) groups is 1. The number of amides is 1. The van der Waals surface area contributed by atoms with Gasteiger partial charge in [0, 0.05) is 12.2 Å². The fourth-order valence-electron chi connectivity index (χ4n) is 2.26. The number of nitrogens with one attached hydrogen (secondary N) is 1. The van der Waals surface area contributed by atoms with Crippen molar-refractivity contribution in [3.63, 3.8) is 0 Å². The summed E-state index contributed by atoms with van der Waals surface area (Å²) in [6.07, 6.45) is -4.55. The van der Waals surface area contributed by atoms with Crippen LogP contribution in [0.25, 0.3) is 0 Å². The Morgan fingerprint density at radius 3 is 2.46 bits per heavy atom. The smallest absolute Gasteiger partial charge is 0.416 e. The molecule has 8 heteroatoms. The third-order valence-electron chi connectivity index (χ3n) is 3.50. The lowest BCUT2D eigenvalue weighted by molar-refractivity contribution is -0.137. The Labute approximate surface area is 148 Å². The zero-order chi connectivity index (χ0) is 19.2. The predicted molar refractivity (Wildman–Crippen MR) is 91.1 cm³/mol. The van der Waals surface area contributed by atoms with Crippen molar-refractivity contribution in [2.45, 2.75) is 19.1 Å². The average Bonchev–Trinajstić information content (AvgIpc) is 2.61. The van der Waals surface area contributed by atoms with E-state index in [0.717, 1.165) is 12.1 Å². The molecule has 140 valence electrons. The van der Waals surface area contributed by atoms with Gasteiger partial charge >= 0.3 is 6.18 Å². The maximum atomic E-state index is 12.9. The number of carbonyl (C=O) groups excluding carboxylic acids is 1. The molecule has 0 saturated carbocycles. The van der Waals surface area contributed by atoms with Crippen LogP contribution in [0.4, 0.5) is 18.9 Å². The monoisotopic (exact) mass is 368 g/mol. The fourth-order valence-corrected chi connectivity index (χ4v) is 2.26. The van der Waals surface area contributed by atoms with E-state index in [1.165, 1.54) is 13.2 Å². The van der Waals surface area contributed by atoms with E-state index < -0.39 is 17.6 Å². The number of ether oxygens (including phenoxy) is 2. The third kappa shape index (κ3) is 5.38. The van der Waals surface area contributed by atoms with Gasteiger partial charge in [-0.3, -0.25) is 4.79 Å². The number of hydrogen-bond acceptors (Lipinski definition) is 4. The Hall–Kier alpha value is -2.74. The molecule has 0 heterocycles. The summed E-state index contributed by atoms with van der Waals surface area (Å²) in [6, 6.07) is 10.2. The highest BCUT2D eigenvalue weighted by atomic mass is 19.4. The number of rotatable bonds is 7. The van der Waals surface area contributed by atoms with E-state index in [0.29, 0.717) is 11.5 Å². The highest BCUT2D eigenvalue weighted by Gasteiger charge is 2.31. The lowest BCUT2D eigenvalue weighted by Gasteiger charge is -2.13. The van der Waals surface area contributed by atoms with Crippen LogP contribution < -0.4 is 20.5 Å². The maximum Gasteiger partial charge on any atom is 0.416 e. The second-order valence-corrected chi connectivity index (χ2v) is 5.42. The molecule has 2 aromatic carbocycles. The molecule has 0 atom stereocenters. The first-order valence-corrected chi connectivity index (χ1v) is 7.80. The fraction of sp³-hybridized carbons (Fsp3) is 0.278. The maximum absolute atomic E-state index is 12.9. The van der Waals surface area contributed by atoms with Gasteiger partial charge in [-0.2, -0.15) is 13.2 Å². The van der Waals surface area contributed by atoms with Crippen LogP contribution in [0, 0.1) is 0 Å². The summed E-state index contributed by atoms with van der Waals surface area (Å²) in [4.78, 5) is 12.0. The minimum absolute atomic E-state index is 0.0355. The first kappa shape index (κ1) is 19.6. The number of alkyl halides is 3. The molecular formula is C18H19F3N2O3. The molecule has 0 fully saturated rings. The van der Waals surface area contributed by atoms with Crippen LogP contribution in [-0.2, 0) is 17.5 Å². The Morgan fingerprint density at radius 1 is 1.15 bits per heavy atom. The van der Waals surface area contributed by atoms with Gasteiger partial charge < -0.3 is 20.5 Å². The van der Waals surface area contributed by atoms with Gasteiger partial charge in [0.05, 0.1) is 25.7 Å². The summed E-state index contributed by atoms with van der Waals surface area (Å²) < 4.78 is 49.3. The van der Waals surface area contributed by atoms with Crippen molar-refractivity contribution in [1.82, 2.24) is 0 Å². The summed E-state index contributed by atoms with van der Waals surface area (Å²) in [5, 5.41) is 2.44. The van der Waals surface area contributed by atoms with Crippen molar-refractivity contribution >= 4 is 11.6 Å². The quantitative estimate of drug-likeness (QED) is 0.783. The number of hydrogen-bond donors (Lipinski definition) is 2.